The van der Waals surface area contributed by atoms with E-state index in [0.717, 1.165) is 37.1 Å². The summed E-state index contributed by atoms with van der Waals surface area (Å²) < 4.78 is 1.96. The van der Waals surface area contributed by atoms with Crippen LogP contribution in [0.1, 0.15) is 44.6 Å². The van der Waals surface area contributed by atoms with E-state index in [-0.39, 0.29) is 0 Å². The Labute approximate surface area is 115 Å². The molecule has 1 N–H and O–H groups in total. The van der Waals surface area contributed by atoms with Crippen LogP contribution >= 0.6 is 0 Å². The summed E-state index contributed by atoms with van der Waals surface area (Å²) in [6.07, 6.45) is 11.4. The first kappa shape index (κ1) is 12.0. The van der Waals surface area contributed by atoms with E-state index in [1.807, 2.05) is 10.9 Å². The summed E-state index contributed by atoms with van der Waals surface area (Å²) in [5, 5.41) is 15.5. The van der Waals surface area contributed by atoms with Crippen molar-refractivity contribution >= 4 is 0 Å². The second-order valence-electron chi connectivity index (χ2n) is 7.05. The van der Waals surface area contributed by atoms with E-state index in [2.05, 4.69) is 18.2 Å². The lowest BCUT2D eigenvalue weighted by atomic mass is 9.71. The van der Waals surface area contributed by atoms with Crippen LogP contribution in [-0.4, -0.2) is 20.5 Å². The van der Waals surface area contributed by atoms with Gasteiger partial charge in [0.1, 0.15) is 0 Å². The minimum Gasteiger partial charge on any atom is -0.389 e. The average molecular weight is 260 g/mol. The number of hydrogen-bond acceptors (Lipinski definition) is 2. The molecule has 3 fully saturated rings. The molecule has 1 aromatic heterocycles. The number of nitrogens with zero attached hydrogens (tertiary/aromatic N) is 2. The van der Waals surface area contributed by atoms with Gasteiger partial charge in [-0.2, -0.15) is 5.10 Å². The lowest BCUT2D eigenvalue weighted by molar-refractivity contribution is -0.0450. The number of fused-ring (bicyclic) bond motifs is 5. The molecule has 3 saturated carbocycles. The molecule has 0 aromatic carbocycles. The summed E-state index contributed by atoms with van der Waals surface area (Å²) >= 11 is 0. The molecule has 3 nitrogen and oxygen atoms in total. The molecule has 104 valence electrons. The topological polar surface area (TPSA) is 38.0 Å². The summed E-state index contributed by atoms with van der Waals surface area (Å²) in [6.45, 7) is 3.02. The van der Waals surface area contributed by atoms with Gasteiger partial charge in [0, 0.05) is 19.2 Å². The van der Waals surface area contributed by atoms with E-state index in [0.29, 0.717) is 5.92 Å². The highest BCUT2D eigenvalue weighted by Gasteiger charge is 2.60. The first-order valence-corrected chi connectivity index (χ1v) is 7.93. The van der Waals surface area contributed by atoms with Crippen LogP contribution in [0.2, 0.25) is 0 Å². The van der Waals surface area contributed by atoms with Gasteiger partial charge in [-0.1, -0.05) is 6.42 Å². The smallest absolute Gasteiger partial charge is 0.0722 e. The van der Waals surface area contributed by atoms with Crippen LogP contribution < -0.4 is 0 Å². The lowest BCUT2D eigenvalue weighted by Crippen LogP contribution is -2.43. The molecule has 1 heterocycles. The second-order valence-corrected chi connectivity index (χ2v) is 7.05. The van der Waals surface area contributed by atoms with Gasteiger partial charge in [0.2, 0.25) is 0 Å². The van der Waals surface area contributed by atoms with Crippen LogP contribution in [0.5, 0.6) is 0 Å². The Bertz CT molecular complexity index is 483. The Balaban J connectivity index is 1.55. The SMILES string of the molecule is CCn1cc(CC2(O)CC3CC2C2CCCC32)cn1. The third-order valence-corrected chi connectivity index (χ3v) is 6.13. The second kappa shape index (κ2) is 4.08. The Morgan fingerprint density at radius 1 is 1.42 bits per heavy atom. The highest BCUT2D eigenvalue weighted by Crippen LogP contribution is 2.62. The van der Waals surface area contributed by atoms with Gasteiger partial charge in [-0.05, 0) is 61.8 Å². The highest BCUT2D eigenvalue weighted by molar-refractivity contribution is 5.16. The maximum Gasteiger partial charge on any atom is 0.0722 e. The molecule has 0 saturated heterocycles. The molecule has 1 aromatic rings. The molecule has 3 heteroatoms. The van der Waals surface area contributed by atoms with Gasteiger partial charge in [-0.3, -0.25) is 4.68 Å². The molecule has 0 radical (unpaired) electrons. The number of aliphatic hydroxyl groups is 1. The fourth-order valence-electron chi connectivity index (χ4n) is 5.46. The minimum absolute atomic E-state index is 0.433. The largest absolute Gasteiger partial charge is 0.389 e. The molecule has 0 aliphatic heterocycles. The van der Waals surface area contributed by atoms with Gasteiger partial charge >= 0.3 is 0 Å². The summed E-state index contributed by atoms with van der Waals surface area (Å²) in [4.78, 5) is 0. The van der Waals surface area contributed by atoms with Crippen LogP contribution in [0, 0.1) is 23.7 Å². The van der Waals surface area contributed by atoms with Crippen molar-refractivity contribution in [1.29, 1.82) is 0 Å². The van der Waals surface area contributed by atoms with Gasteiger partial charge < -0.3 is 5.11 Å². The zero-order chi connectivity index (χ0) is 13.0. The van der Waals surface area contributed by atoms with E-state index in [1.54, 1.807) is 0 Å². The minimum atomic E-state index is -0.433. The van der Waals surface area contributed by atoms with Crippen molar-refractivity contribution in [2.75, 3.05) is 0 Å². The van der Waals surface area contributed by atoms with Gasteiger partial charge in [-0.25, -0.2) is 0 Å². The van der Waals surface area contributed by atoms with E-state index in [4.69, 9.17) is 0 Å². The Morgan fingerprint density at radius 2 is 2.26 bits per heavy atom. The molecule has 2 bridgehead atoms. The van der Waals surface area contributed by atoms with Gasteiger partial charge in [0.25, 0.3) is 0 Å². The average Bonchev–Trinajstić information content (AvgIpc) is 3.08. The van der Waals surface area contributed by atoms with E-state index in [1.165, 1.54) is 31.2 Å². The van der Waals surface area contributed by atoms with Crippen molar-refractivity contribution in [3.8, 4) is 0 Å². The first-order chi connectivity index (χ1) is 9.19. The summed E-state index contributed by atoms with van der Waals surface area (Å²) in [7, 11) is 0. The maximum absolute atomic E-state index is 11.1. The highest BCUT2D eigenvalue weighted by atomic mass is 16.3. The van der Waals surface area contributed by atoms with Crippen molar-refractivity contribution in [2.45, 2.75) is 57.6 Å². The number of rotatable bonds is 3. The molecule has 4 rings (SSSR count). The van der Waals surface area contributed by atoms with Gasteiger partial charge in [-0.15, -0.1) is 0 Å². The molecule has 3 aliphatic rings. The molecular weight excluding hydrogens is 236 g/mol. The Morgan fingerprint density at radius 3 is 3.05 bits per heavy atom. The Hall–Kier alpha value is -0.830. The Kier molecular flexibility index (Phi) is 2.57. The zero-order valence-electron chi connectivity index (χ0n) is 11.8. The van der Waals surface area contributed by atoms with Crippen LogP contribution in [0.3, 0.4) is 0 Å². The van der Waals surface area contributed by atoms with Gasteiger partial charge in [0.05, 0.1) is 11.8 Å². The predicted octanol–water partition coefficient (Wildman–Crippen LogP) is 2.63. The van der Waals surface area contributed by atoms with Crippen molar-refractivity contribution in [3.05, 3.63) is 18.0 Å². The summed E-state index contributed by atoms with van der Waals surface area (Å²) in [6, 6.07) is 0. The predicted molar refractivity (Wildman–Crippen MR) is 73.6 cm³/mol. The number of hydrogen-bond donors (Lipinski definition) is 1. The molecule has 0 amide bonds. The van der Waals surface area contributed by atoms with E-state index < -0.39 is 5.60 Å². The van der Waals surface area contributed by atoms with Crippen LogP contribution in [0.4, 0.5) is 0 Å². The van der Waals surface area contributed by atoms with Crippen LogP contribution in [0.25, 0.3) is 0 Å². The summed E-state index contributed by atoms with van der Waals surface area (Å²) in [5.41, 5.74) is 0.782. The standard InChI is InChI=1S/C16H24N2O/c1-2-18-10-11(9-17-18)7-16(19)8-12-6-15(16)14-5-3-4-13(12)14/h9-10,12-15,19H,2-8H2,1H3. The van der Waals surface area contributed by atoms with Crippen molar-refractivity contribution in [2.24, 2.45) is 23.7 Å². The molecular formula is C16H24N2O. The molecule has 5 atom stereocenters. The fraction of sp³-hybridized carbons (Fsp3) is 0.812. The van der Waals surface area contributed by atoms with E-state index in [9.17, 15) is 5.11 Å². The number of aryl methyl sites for hydroxylation is 1. The van der Waals surface area contributed by atoms with Crippen molar-refractivity contribution < 1.29 is 5.11 Å². The molecule has 0 spiro atoms. The quantitative estimate of drug-likeness (QED) is 0.907. The molecule has 5 unspecified atom stereocenters. The van der Waals surface area contributed by atoms with Crippen LogP contribution in [0.15, 0.2) is 12.4 Å². The van der Waals surface area contributed by atoms with Gasteiger partial charge in [0.15, 0.2) is 0 Å². The van der Waals surface area contributed by atoms with Crippen molar-refractivity contribution in [1.82, 2.24) is 9.78 Å². The normalized spacial score (nSPS) is 43.9. The zero-order valence-corrected chi connectivity index (χ0v) is 11.8. The van der Waals surface area contributed by atoms with Crippen LogP contribution in [-0.2, 0) is 13.0 Å². The lowest BCUT2D eigenvalue weighted by Gasteiger charge is -2.39. The third kappa shape index (κ3) is 1.70. The fourth-order valence-corrected chi connectivity index (χ4v) is 5.46. The maximum atomic E-state index is 11.1. The first-order valence-electron chi connectivity index (χ1n) is 7.93. The number of aromatic nitrogens is 2. The molecule has 3 aliphatic carbocycles. The third-order valence-electron chi connectivity index (χ3n) is 6.13. The van der Waals surface area contributed by atoms with E-state index >= 15 is 0 Å². The van der Waals surface area contributed by atoms with Crippen molar-refractivity contribution in [3.63, 3.8) is 0 Å². The summed E-state index contributed by atoms with van der Waals surface area (Å²) in [5.74, 6) is 3.15. The monoisotopic (exact) mass is 260 g/mol. The molecule has 19 heavy (non-hydrogen) atoms.